The Balaban J connectivity index is 0. The second kappa shape index (κ2) is 5.73. The first-order valence-electron chi connectivity index (χ1n) is 1.78. The van der Waals surface area contributed by atoms with Crippen LogP contribution < -0.4 is 0 Å². The summed E-state index contributed by atoms with van der Waals surface area (Å²) in [6.45, 7) is 5.20. The molecule has 0 saturated carbocycles. The minimum Gasteiger partial charge on any atom is -0.393 e. The van der Waals surface area contributed by atoms with Crippen LogP contribution >= 0.6 is 0 Å². The Labute approximate surface area is 54.9 Å². The number of aliphatic hydroxyl groups is 1. The highest BCUT2D eigenvalue weighted by atomic mass is 24.3. The molecular weight excluding hydrogens is 88.3 g/mol. The highest BCUT2D eigenvalue weighted by Crippen LogP contribution is 1.80. The van der Waals surface area contributed by atoms with E-state index in [1.807, 2.05) is 6.92 Å². The lowest BCUT2D eigenvalue weighted by atomic mass is 10.3. The third kappa shape index (κ3) is 8.83. The molecule has 0 rings (SSSR count). The van der Waals surface area contributed by atoms with Crippen LogP contribution in [0.3, 0.4) is 0 Å². The largest absolute Gasteiger partial charge is 0.393 e. The molecule has 0 spiro atoms. The average molecular weight is 99.4 g/mol. The van der Waals surface area contributed by atoms with Crippen LogP contribution in [0.4, 0.5) is 0 Å². The van der Waals surface area contributed by atoms with E-state index in [-0.39, 0.29) is 29.2 Å². The monoisotopic (exact) mass is 99.1 g/mol. The molecule has 0 heterocycles. The van der Waals surface area contributed by atoms with Crippen molar-refractivity contribution in [3.8, 4) is 0 Å². The fourth-order valence-electron chi connectivity index (χ4n) is 0. The quantitative estimate of drug-likeness (QED) is 0.447. The molecule has 35 valence electrons. The third-order valence-corrected chi connectivity index (χ3v) is 0.471. The zero-order chi connectivity index (χ0) is 4.28. The second-order valence-corrected chi connectivity index (χ2v) is 1.06. The van der Waals surface area contributed by atoms with Crippen LogP contribution in [0.2, 0.25) is 0 Å². The van der Waals surface area contributed by atoms with Crippen LogP contribution in [-0.2, 0) is 0 Å². The van der Waals surface area contributed by atoms with Crippen molar-refractivity contribution in [1.29, 1.82) is 0 Å². The van der Waals surface area contributed by atoms with Crippen molar-refractivity contribution >= 4 is 23.1 Å². The summed E-state index contributed by atoms with van der Waals surface area (Å²) in [6.07, 6.45) is 0.384. The molecule has 2 heteroatoms. The van der Waals surface area contributed by atoms with Gasteiger partial charge in [-0.1, -0.05) is 6.92 Å². The maximum Gasteiger partial charge on any atom is 0.316 e. The van der Waals surface area contributed by atoms with Crippen LogP contribution in [0.15, 0.2) is 0 Å². The van der Waals surface area contributed by atoms with Gasteiger partial charge in [-0.05, 0) is 13.3 Å². The van der Waals surface area contributed by atoms with Gasteiger partial charge in [0, 0.05) is 0 Å². The van der Waals surface area contributed by atoms with E-state index >= 15 is 0 Å². The molecule has 0 aliphatic heterocycles. The van der Waals surface area contributed by atoms with Gasteiger partial charge in [-0.15, -0.1) is 0 Å². The lowest BCUT2D eigenvalue weighted by Crippen LogP contribution is -1.93. The summed E-state index contributed by atoms with van der Waals surface area (Å²) in [6, 6.07) is 0. The topological polar surface area (TPSA) is 20.2 Å². The van der Waals surface area contributed by atoms with Gasteiger partial charge in [0.2, 0.25) is 0 Å². The van der Waals surface area contributed by atoms with Crippen LogP contribution in [0.1, 0.15) is 13.3 Å². The maximum atomic E-state index is 8.25. The predicted molar refractivity (Wildman–Crippen MR) is 30.2 cm³/mol. The summed E-state index contributed by atoms with van der Waals surface area (Å²) in [5.41, 5.74) is 0. The van der Waals surface area contributed by atoms with Crippen molar-refractivity contribution in [3.63, 3.8) is 0 Å². The SMILES string of the molecule is [CH2]C(O)CC.[MgH2]. The van der Waals surface area contributed by atoms with E-state index in [1.54, 1.807) is 0 Å². The Kier molecular flexibility index (Phi) is 9.42. The first-order valence-corrected chi connectivity index (χ1v) is 1.78. The molecule has 1 N–H and O–H groups in total. The van der Waals surface area contributed by atoms with E-state index in [1.165, 1.54) is 0 Å². The molecule has 0 saturated heterocycles. The molecule has 0 aromatic rings. The van der Waals surface area contributed by atoms with Gasteiger partial charge >= 0.3 is 23.1 Å². The van der Waals surface area contributed by atoms with E-state index < -0.39 is 0 Å². The van der Waals surface area contributed by atoms with Gasteiger partial charge in [0.25, 0.3) is 0 Å². The molecule has 1 nitrogen and oxygen atoms in total. The number of rotatable bonds is 1. The van der Waals surface area contributed by atoms with E-state index in [2.05, 4.69) is 6.92 Å². The number of aliphatic hydroxyl groups excluding tert-OH is 1. The van der Waals surface area contributed by atoms with E-state index in [0.717, 1.165) is 6.42 Å². The van der Waals surface area contributed by atoms with Gasteiger partial charge in [-0.2, -0.15) is 0 Å². The van der Waals surface area contributed by atoms with Crippen LogP contribution in [-0.4, -0.2) is 34.3 Å². The highest BCUT2D eigenvalue weighted by Gasteiger charge is 1.82. The standard InChI is InChI=1S/C4H9O.Mg.2H/c1-3-4(2)5;;;/h4-5H,2-3H2,1H3;;;. The molecule has 0 amide bonds. The van der Waals surface area contributed by atoms with E-state index in [0.29, 0.717) is 0 Å². The molecule has 1 unspecified atom stereocenters. The summed E-state index contributed by atoms with van der Waals surface area (Å²) in [5.74, 6) is 0. The number of hydrogen-bond donors (Lipinski definition) is 1. The van der Waals surface area contributed by atoms with Gasteiger partial charge in [-0.3, -0.25) is 0 Å². The van der Waals surface area contributed by atoms with Crippen molar-refractivity contribution < 1.29 is 5.11 Å². The van der Waals surface area contributed by atoms with Crippen molar-refractivity contribution in [1.82, 2.24) is 0 Å². The molecule has 1 radical (unpaired) electrons. The molecule has 1 atom stereocenters. The summed E-state index contributed by atoms with van der Waals surface area (Å²) in [7, 11) is 0. The maximum absolute atomic E-state index is 8.25. The number of hydrogen-bond acceptors (Lipinski definition) is 1. The molecule has 0 aromatic carbocycles. The molecular formula is C4H11MgO. The lowest BCUT2D eigenvalue weighted by molar-refractivity contribution is 0.216. The predicted octanol–water partition coefficient (Wildman–Crippen LogP) is -0.325. The molecule has 0 aliphatic rings. The van der Waals surface area contributed by atoms with E-state index in [4.69, 9.17) is 5.11 Å². The Hall–Kier alpha value is 0.726. The van der Waals surface area contributed by atoms with Gasteiger partial charge < -0.3 is 5.11 Å². The zero-order valence-corrected chi connectivity index (χ0v) is 3.44. The van der Waals surface area contributed by atoms with Crippen LogP contribution in [0.25, 0.3) is 0 Å². The molecule has 0 bridgehead atoms. The summed E-state index contributed by atoms with van der Waals surface area (Å²) >= 11 is 0. The molecule has 0 aliphatic carbocycles. The van der Waals surface area contributed by atoms with Crippen molar-refractivity contribution in [2.45, 2.75) is 19.4 Å². The van der Waals surface area contributed by atoms with Crippen LogP contribution in [0, 0.1) is 6.92 Å². The smallest absolute Gasteiger partial charge is 0.316 e. The lowest BCUT2D eigenvalue weighted by Gasteiger charge is -1.90. The van der Waals surface area contributed by atoms with Crippen molar-refractivity contribution in [2.24, 2.45) is 0 Å². The Morgan fingerprint density at radius 3 is 2.00 bits per heavy atom. The first-order chi connectivity index (χ1) is 2.27. The molecule has 6 heavy (non-hydrogen) atoms. The summed E-state index contributed by atoms with van der Waals surface area (Å²) in [5, 5.41) is 8.25. The normalized spacial score (nSPS) is 12.5. The van der Waals surface area contributed by atoms with Gasteiger partial charge in [0.05, 0.1) is 6.10 Å². The van der Waals surface area contributed by atoms with Gasteiger partial charge in [-0.25, -0.2) is 0 Å². The highest BCUT2D eigenvalue weighted by molar-refractivity contribution is 5.75. The fourth-order valence-corrected chi connectivity index (χ4v) is 0. The van der Waals surface area contributed by atoms with Crippen molar-refractivity contribution in [2.75, 3.05) is 0 Å². The first kappa shape index (κ1) is 9.87. The summed E-state index contributed by atoms with van der Waals surface area (Å²) in [4.78, 5) is 0. The van der Waals surface area contributed by atoms with Gasteiger partial charge in [0.1, 0.15) is 0 Å². The molecule has 0 fully saturated rings. The minimum atomic E-state index is -0.366. The zero-order valence-electron chi connectivity index (χ0n) is 3.44. The fraction of sp³-hybridized carbons (Fsp3) is 0.750. The minimum absolute atomic E-state index is 0. The Morgan fingerprint density at radius 2 is 2.00 bits per heavy atom. The Morgan fingerprint density at radius 1 is 1.83 bits per heavy atom. The molecule has 0 aromatic heterocycles. The van der Waals surface area contributed by atoms with Crippen molar-refractivity contribution in [3.05, 3.63) is 6.92 Å². The third-order valence-electron chi connectivity index (χ3n) is 0.471. The van der Waals surface area contributed by atoms with E-state index in [9.17, 15) is 0 Å². The van der Waals surface area contributed by atoms with Crippen LogP contribution in [0.5, 0.6) is 0 Å². The summed E-state index contributed by atoms with van der Waals surface area (Å²) < 4.78 is 0. The van der Waals surface area contributed by atoms with Gasteiger partial charge in [0.15, 0.2) is 0 Å². The Bertz CT molecular complexity index is 21.5. The average Bonchev–Trinajstić information content (AvgIpc) is 1.38. The second-order valence-electron chi connectivity index (χ2n) is 1.06.